The van der Waals surface area contributed by atoms with Crippen molar-refractivity contribution in [2.75, 3.05) is 0 Å². The number of halogens is 2. The number of hydrogen-bond acceptors (Lipinski definition) is 3. The molecule has 0 bridgehead atoms. The Labute approximate surface area is 166 Å². The molecule has 4 rings (SSSR count). The van der Waals surface area contributed by atoms with Crippen molar-refractivity contribution in [1.29, 1.82) is 0 Å². The number of carbonyl (C=O) groups excluding carboxylic acids is 2. The lowest BCUT2D eigenvalue weighted by atomic mass is 9.94. The van der Waals surface area contributed by atoms with Crippen LogP contribution in [0, 0.1) is 0 Å². The minimum atomic E-state index is -0.359. The van der Waals surface area contributed by atoms with Gasteiger partial charge in [-0.25, -0.2) is 4.79 Å². The number of carbonyl (C=O) groups is 2. The molecule has 1 aromatic carbocycles. The maximum absolute atomic E-state index is 12.7. The highest BCUT2D eigenvalue weighted by Crippen LogP contribution is 2.35. The predicted molar refractivity (Wildman–Crippen MR) is 104 cm³/mol. The Morgan fingerprint density at radius 1 is 1.07 bits per heavy atom. The maximum atomic E-state index is 12.7. The number of imide groups is 1. The van der Waals surface area contributed by atoms with Gasteiger partial charge in [0.25, 0.3) is 5.91 Å². The lowest BCUT2D eigenvalue weighted by Crippen LogP contribution is -2.41. The van der Waals surface area contributed by atoms with Crippen molar-refractivity contribution < 1.29 is 14.0 Å². The zero-order valence-electron chi connectivity index (χ0n) is 14.5. The molecule has 0 spiro atoms. The standard InChI is InChI=1S/C20H18Cl2N2O3/c21-15-8-4-7-14(18(15)22)17-10-9-13(27-17)11-16-19(25)24(20(26)23-16)12-5-2-1-3-6-12/h4,7-12H,1-3,5-6H2,(H,23,26)/b16-11-. The fourth-order valence-electron chi connectivity index (χ4n) is 3.63. The van der Waals surface area contributed by atoms with Crippen molar-refractivity contribution >= 4 is 41.2 Å². The van der Waals surface area contributed by atoms with E-state index in [0.717, 1.165) is 32.1 Å². The molecule has 2 aliphatic rings. The summed E-state index contributed by atoms with van der Waals surface area (Å²) in [7, 11) is 0. The van der Waals surface area contributed by atoms with E-state index in [1.165, 1.54) is 4.90 Å². The highest BCUT2D eigenvalue weighted by molar-refractivity contribution is 6.43. The second-order valence-electron chi connectivity index (χ2n) is 6.76. The zero-order valence-corrected chi connectivity index (χ0v) is 16.0. The molecule has 3 amide bonds. The van der Waals surface area contributed by atoms with Crippen LogP contribution < -0.4 is 5.32 Å². The normalized spacial score (nSPS) is 19.8. The van der Waals surface area contributed by atoms with E-state index >= 15 is 0 Å². The summed E-state index contributed by atoms with van der Waals surface area (Å²) in [5.74, 6) is 0.691. The van der Waals surface area contributed by atoms with Crippen LogP contribution in [0.15, 0.2) is 40.4 Å². The van der Waals surface area contributed by atoms with Crippen LogP contribution in [0.25, 0.3) is 17.4 Å². The van der Waals surface area contributed by atoms with Gasteiger partial charge >= 0.3 is 6.03 Å². The van der Waals surface area contributed by atoms with Gasteiger partial charge in [-0.3, -0.25) is 9.69 Å². The van der Waals surface area contributed by atoms with E-state index < -0.39 is 0 Å². The summed E-state index contributed by atoms with van der Waals surface area (Å²) in [4.78, 5) is 26.3. The summed E-state index contributed by atoms with van der Waals surface area (Å²) in [6.45, 7) is 0. The molecule has 0 radical (unpaired) electrons. The van der Waals surface area contributed by atoms with Crippen molar-refractivity contribution in [3.63, 3.8) is 0 Å². The molecule has 1 aromatic heterocycles. The van der Waals surface area contributed by atoms with Gasteiger partial charge < -0.3 is 9.73 Å². The largest absolute Gasteiger partial charge is 0.457 e. The SMILES string of the molecule is O=C1N/C(=C\c2ccc(-c3cccc(Cl)c3Cl)o2)C(=O)N1C1CCCCC1. The topological polar surface area (TPSA) is 62.6 Å². The van der Waals surface area contributed by atoms with E-state index in [9.17, 15) is 9.59 Å². The van der Waals surface area contributed by atoms with Gasteiger partial charge in [0.1, 0.15) is 17.2 Å². The first-order valence-corrected chi connectivity index (χ1v) is 9.70. The molecular formula is C20H18Cl2N2O3. The second-order valence-corrected chi connectivity index (χ2v) is 7.54. The van der Waals surface area contributed by atoms with Crippen molar-refractivity contribution in [3.05, 3.63) is 51.8 Å². The molecule has 1 saturated carbocycles. The summed E-state index contributed by atoms with van der Waals surface area (Å²) in [5, 5.41) is 3.50. The maximum Gasteiger partial charge on any atom is 0.329 e. The van der Waals surface area contributed by atoms with Crippen molar-refractivity contribution in [1.82, 2.24) is 10.2 Å². The Hall–Kier alpha value is -2.24. The highest BCUT2D eigenvalue weighted by atomic mass is 35.5. The lowest BCUT2D eigenvalue weighted by molar-refractivity contribution is -0.124. The Kier molecular flexibility index (Phi) is 4.98. The van der Waals surface area contributed by atoms with Crippen LogP contribution in [-0.4, -0.2) is 22.9 Å². The van der Waals surface area contributed by atoms with Gasteiger partial charge in [-0.15, -0.1) is 0 Å². The first-order chi connectivity index (χ1) is 13.0. The molecule has 0 atom stereocenters. The molecule has 1 aliphatic heterocycles. The number of rotatable bonds is 3. The second kappa shape index (κ2) is 7.41. The summed E-state index contributed by atoms with van der Waals surface area (Å²) < 4.78 is 5.79. The smallest absolute Gasteiger partial charge is 0.329 e. The average molecular weight is 405 g/mol. The van der Waals surface area contributed by atoms with Gasteiger partial charge in [0.2, 0.25) is 0 Å². The number of nitrogens with zero attached hydrogens (tertiary/aromatic N) is 1. The number of benzene rings is 1. The monoisotopic (exact) mass is 404 g/mol. The van der Waals surface area contributed by atoms with E-state index in [1.54, 1.807) is 36.4 Å². The average Bonchev–Trinajstić information content (AvgIpc) is 3.23. The molecule has 0 unspecified atom stereocenters. The van der Waals surface area contributed by atoms with Crippen molar-refractivity contribution in [2.45, 2.75) is 38.1 Å². The molecule has 1 N–H and O–H groups in total. The summed E-state index contributed by atoms with van der Waals surface area (Å²) >= 11 is 12.3. The third kappa shape index (κ3) is 3.49. The van der Waals surface area contributed by atoms with E-state index in [2.05, 4.69) is 5.32 Å². The fraction of sp³-hybridized carbons (Fsp3) is 0.300. The van der Waals surface area contributed by atoms with Crippen LogP contribution in [0.5, 0.6) is 0 Å². The highest BCUT2D eigenvalue weighted by Gasteiger charge is 2.39. The summed E-state index contributed by atoms with van der Waals surface area (Å²) in [6.07, 6.45) is 6.52. The Morgan fingerprint density at radius 2 is 1.85 bits per heavy atom. The number of hydrogen-bond donors (Lipinski definition) is 1. The molecule has 2 aromatic rings. The first-order valence-electron chi connectivity index (χ1n) is 8.95. The van der Waals surface area contributed by atoms with Crippen LogP contribution in [0.3, 0.4) is 0 Å². The molecular weight excluding hydrogens is 387 g/mol. The number of urea groups is 1. The minimum Gasteiger partial charge on any atom is -0.457 e. The Bertz CT molecular complexity index is 929. The van der Waals surface area contributed by atoms with Gasteiger partial charge in [0.15, 0.2) is 0 Å². The molecule has 27 heavy (non-hydrogen) atoms. The molecule has 2 heterocycles. The Balaban J connectivity index is 1.57. The van der Waals surface area contributed by atoms with Gasteiger partial charge in [-0.05, 0) is 37.1 Å². The fourth-order valence-corrected chi connectivity index (χ4v) is 4.02. The van der Waals surface area contributed by atoms with Crippen LogP contribution >= 0.6 is 23.2 Å². The first kappa shape index (κ1) is 18.1. The third-order valence-corrected chi connectivity index (χ3v) is 5.80. The predicted octanol–water partition coefficient (Wildman–Crippen LogP) is 5.48. The molecule has 1 saturated heterocycles. The zero-order chi connectivity index (χ0) is 19.0. The quantitative estimate of drug-likeness (QED) is 0.544. The van der Waals surface area contributed by atoms with Gasteiger partial charge in [0.05, 0.1) is 10.0 Å². The van der Waals surface area contributed by atoms with E-state index in [-0.39, 0.29) is 23.7 Å². The molecule has 140 valence electrons. The Morgan fingerprint density at radius 3 is 2.63 bits per heavy atom. The van der Waals surface area contributed by atoms with Crippen molar-refractivity contribution in [2.24, 2.45) is 0 Å². The van der Waals surface area contributed by atoms with Crippen LogP contribution in [0.4, 0.5) is 4.79 Å². The van der Waals surface area contributed by atoms with E-state index in [4.69, 9.17) is 27.6 Å². The third-order valence-electron chi connectivity index (χ3n) is 4.98. The molecule has 1 aliphatic carbocycles. The van der Waals surface area contributed by atoms with Crippen LogP contribution in [0.2, 0.25) is 10.0 Å². The van der Waals surface area contributed by atoms with E-state index in [1.807, 2.05) is 0 Å². The number of furan rings is 1. The summed E-state index contributed by atoms with van der Waals surface area (Å²) in [5.41, 5.74) is 0.892. The molecule has 7 heteroatoms. The van der Waals surface area contributed by atoms with Crippen molar-refractivity contribution in [3.8, 4) is 11.3 Å². The van der Waals surface area contributed by atoms with Gasteiger partial charge in [-0.1, -0.05) is 48.5 Å². The lowest BCUT2D eigenvalue weighted by Gasteiger charge is -2.28. The van der Waals surface area contributed by atoms with Crippen LogP contribution in [0.1, 0.15) is 37.9 Å². The molecule has 5 nitrogen and oxygen atoms in total. The van der Waals surface area contributed by atoms with Gasteiger partial charge in [0, 0.05) is 17.7 Å². The van der Waals surface area contributed by atoms with Gasteiger partial charge in [-0.2, -0.15) is 0 Å². The van der Waals surface area contributed by atoms with Crippen LogP contribution in [-0.2, 0) is 4.79 Å². The minimum absolute atomic E-state index is 0.0189. The summed E-state index contributed by atoms with van der Waals surface area (Å²) in [6, 6.07) is 8.39. The number of nitrogens with one attached hydrogen (secondary N) is 1. The number of amides is 3. The molecule has 2 fully saturated rings. The van der Waals surface area contributed by atoms with E-state index in [0.29, 0.717) is 27.1 Å².